The first-order valence-electron chi connectivity index (χ1n) is 8.77. The molecule has 0 spiro atoms. The van der Waals surface area contributed by atoms with E-state index in [1.165, 1.54) is 19.1 Å². The van der Waals surface area contributed by atoms with Gasteiger partial charge in [0.25, 0.3) is 0 Å². The molecule has 1 aromatic carbocycles. The second kappa shape index (κ2) is 7.91. The Hall–Kier alpha value is -2.04. The van der Waals surface area contributed by atoms with Crippen molar-refractivity contribution in [3.63, 3.8) is 0 Å². The molecule has 0 aromatic heterocycles. The molecular weight excluding hydrogens is 377 g/mol. The zero-order valence-corrected chi connectivity index (χ0v) is 15.7. The summed E-state index contributed by atoms with van der Waals surface area (Å²) in [5, 5.41) is 4.98. The van der Waals surface area contributed by atoms with Gasteiger partial charge in [-0.05, 0) is 49.9 Å². The van der Waals surface area contributed by atoms with Gasteiger partial charge >= 0.3 is 11.8 Å². The number of benzene rings is 1. The molecule has 148 valence electrons. The van der Waals surface area contributed by atoms with E-state index >= 15 is 0 Å². The molecule has 1 aromatic rings. The molecule has 2 amide bonds. The highest BCUT2D eigenvalue weighted by atomic mass is 32.2. The summed E-state index contributed by atoms with van der Waals surface area (Å²) in [7, 11) is -3.94. The number of nitrogens with one attached hydrogen (secondary N) is 2. The number of hydrogen-bond acceptors (Lipinski definition) is 5. The molecule has 1 aliphatic carbocycles. The molecule has 1 saturated heterocycles. The van der Waals surface area contributed by atoms with E-state index in [4.69, 9.17) is 4.74 Å². The van der Waals surface area contributed by atoms with Crippen molar-refractivity contribution in [2.75, 3.05) is 19.7 Å². The standard InChI is InChI=1S/C17H22FN3O5S/c1-11-9-13(5-6-14(11)18)27(24,25)21-7-2-8-26-15(21)10-19-16(22)17(23)20-12-3-4-12/h5-6,9,12,15H,2-4,7-8,10H2,1H3,(H,19,22)(H,20,23)/t15-/m1/s1. The summed E-state index contributed by atoms with van der Waals surface area (Å²) in [6, 6.07) is 3.61. The minimum Gasteiger partial charge on any atom is -0.360 e. The Morgan fingerprint density at radius 2 is 2.04 bits per heavy atom. The average molecular weight is 399 g/mol. The number of rotatable bonds is 5. The summed E-state index contributed by atoms with van der Waals surface area (Å²) >= 11 is 0. The zero-order chi connectivity index (χ0) is 19.6. The van der Waals surface area contributed by atoms with Gasteiger partial charge in [0, 0.05) is 12.6 Å². The molecule has 0 radical (unpaired) electrons. The molecule has 3 rings (SSSR count). The minimum atomic E-state index is -3.94. The van der Waals surface area contributed by atoms with Crippen LogP contribution < -0.4 is 10.6 Å². The molecule has 0 bridgehead atoms. The first kappa shape index (κ1) is 19.7. The number of carbonyl (C=O) groups excluding carboxylic acids is 2. The molecule has 0 unspecified atom stereocenters. The van der Waals surface area contributed by atoms with Crippen molar-refractivity contribution < 1.29 is 27.1 Å². The Morgan fingerprint density at radius 3 is 2.70 bits per heavy atom. The Morgan fingerprint density at radius 1 is 1.30 bits per heavy atom. The van der Waals surface area contributed by atoms with Crippen molar-refractivity contribution in [1.82, 2.24) is 14.9 Å². The SMILES string of the molecule is Cc1cc(S(=O)(=O)N2CCCO[C@@H]2CNC(=O)C(=O)NC2CC2)ccc1F. The third kappa shape index (κ3) is 4.63. The first-order valence-corrected chi connectivity index (χ1v) is 10.2. The van der Waals surface area contributed by atoms with Crippen molar-refractivity contribution >= 4 is 21.8 Å². The number of amides is 2. The van der Waals surface area contributed by atoms with E-state index in [0.29, 0.717) is 13.0 Å². The molecule has 1 saturated carbocycles. The molecule has 27 heavy (non-hydrogen) atoms. The van der Waals surface area contributed by atoms with Crippen LogP contribution in [0.2, 0.25) is 0 Å². The molecule has 1 aliphatic heterocycles. The third-order valence-corrected chi connectivity index (χ3v) is 6.33. The van der Waals surface area contributed by atoms with E-state index in [-0.39, 0.29) is 29.6 Å². The second-order valence-electron chi connectivity index (χ2n) is 6.66. The van der Waals surface area contributed by atoms with Crippen LogP contribution >= 0.6 is 0 Å². The maximum atomic E-state index is 13.5. The maximum absolute atomic E-state index is 13.5. The highest BCUT2D eigenvalue weighted by Gasteiger charge is 2.35. The van der Waals surface area contributed by atoms with Crippen LogP contribution in [-0.2, 0) is 24.3 Å². The van der Waals surface area contributed by atoms with Gasteiger partial charge in [-0.25, -0.2) is 12.8 Å². The summed E-state index contributed by atoms with van der Waals surface area (Å²) in [6.07, 6.45) is 1.26. The number of carbonyl (C=O) groups is 2. The lowest BCUT2D eigenvalue weighted by molar-refractivity contribution is -0.140. The summed E-state index contributed by atoms with van der Waals surface area (Å²) in [6.45, 7) is 1.87. The van der Waals surface area contributed by atoms with Crippen molar-refractivity contribution in [2.45, 2.75) is 43.4 Å². The Labute approximate surface area is 157 Å². The Kier molecular flexibility index (Phi) is 5.78. The summed E-state index contributed by atoms with van der Waals surface area (Å²) in [5.41, 5.74) is 0.218. The first-order chi connectivity index (χ1) is 12.8. The number of hydrogen-bond donors (Lipinski definition) is 2. The minimum absolute atomic E-state index is 0.0466. The van der Waals surface area contributed by atoms with E-state index in [1.54, 1.807) is 0 Å². The molecule has 2 fully saturated rings. The summed E-state index contributed by atoms with van der Waals surface area (Å²) in [5.74, 6) is -2.06. The Bertz CT molecular complexity index is 841. The number of sulfonamides is 1. The van der Waals surface area contributed by atoms with Crippen molar-refractivity contribution in [3.8, 4) is 0 Å². The highest BCUT2D eigenvalue weighted by molar-refractivity contribution is 7.89. The van der Waals surface area contributed by atoms with Gasteiger partial charge in [-0.15, -0.1) is 0 Å². The van der Waals surface area contributed by atoms with Gasteiger partial charge in [0.15, 0.2) is 0 Å². The van der Waals surface area contributed by atoms with Crippen LogP contribution in [0.15, 0.2) is 23.1 Å². The largest absolute Gasteiger partial charge is 0.360 e. The Balaban J connectivity index is 1.69. The van der Waals surface area contributed by atoms with Crippen LogP contribution in [0.1, 0.15) is 24.8 Å². The van der Waals surface area contributed by atoms with Crippen LogP contribution in [0.25, 0.3) is 0 Å². The number of halogens is 1. The van der Waals surface area contributed by atoms with E-state index in [0.717, 1.165) is 23.2 Å². The van der Waals surface area contributed by atoms with Crippen LogP contribution in [0.5, 0.6) is 0 Å². The molecule has 10 heteroatoms. The van der Waals surface area contributed by atoms with Gasteiger partial charge in [0.05, 0.1) is 18.0 Å². The smallest absolute Gasteiger partial charge is 0.309 e. The van der Waals surface area contributed by atoms with E-state index in [9.17, 15) is 22.4 Å². The maximum Gasteiger partial charge on any atom is 0.309 e. The number of aryl methyl sites for hydroxylation is 1. The van der Waals surface area contributed by atoms with Crippen molar-refractivity contribution in [2.24, 2.45) is 0 Å². The van der Waals surface area contributed by atoms with Crippen LogP contribution in [0, 0.1) is 12.7 Å². The fourth-order valence-corrected chi connectivity index (χ4v) is 4.41. The third-order valence-electron chi connectivity index (χ3n) is 4.45. The van der Waals surface area contributed by atoms with Gasteiger partial charge in [-0.1, -0.05) is 0 Å². The van der Waals surface area contributed by atoms with Crippen molar-refractivity contribution in [3.05, 3.63) is 29.6 Å². The average Bonchev–Trinajstić information content (AvgIpc) is 3.46. The van der Waals surface area contributed by atoms with Crippen LogP contribution in [0.4, 0.5) is 4.39 Å². The number of nitrogens with zero attached hydrogens (tertiary/aromatic N) is 1. The quantitative estimate of drug-likeness (QED) is 0.692. The van der Waals surface area contributed by atoms with E-state index in [1.807, 2.05) is 0 Å². The second-order valence-corrected chi connectivity index (χ2v) is 8.55. The number of ether oxygens (including phenoxy) is 1. The van der Waals surface area contributed by atoms with Crippen LogP contribution in [-0.4, -0.2) is 56.5 Å². The summed E-state index contributed by atoms with van der Waals surface area (Å²) in [4.78, 5) is 23.5. The normalized spacial score (nSPS) is 20.9. The lowest BCUT2D eigenvalue weighted by Crippen LogP contribution is -2.53. The van der Waals surface area contributed by atoms with Gasteiger partial charge in [0.2, 0.25) is 10.0 Å². The molecule has 2 N–H and O–H groups in total. The lowest BCUT2D eigenvalue weighted by Gasteiger charge is -2.34. The topological polar surface area (TPSA) is 105 Å². The van der Waals surface area contributed by atoms with Gasteiger partial charge < -0.3 is 15.4 Å². The van der Waals surface area contributed by atoms with E-state index in [2.05, 4.69) is 10.6 Å². The predicted octanol–water partition coefficient (Wildman–Crippen LogP) is 0.266. The fourth-order valence-electron chi connectivity index (χ4n) is 2.75. The molecule has 8 nitrogen and oxygen atoms in total. The molecule has 1 heterocycles. The van der Waals surface area contributed by atoms with Gasteiger partial charge in [-0.3, -0.25) is 9.59 Å². The van der Waals surface area contributed by atoms with Crippen molar-refractivity contribution in [1.29, 1.82) is 0 Å². The molecular formula is C17H22FN3O5S. The van der Waals surface area contributed by atoms with Gasteiger partial charge in [0.1, 0.15) is 12.0 Å². The monoisotopic (exact) mass is 399 g/mol. The molecule has 2 aliphatic rings. The lowest BCUT2D eigenvalue weighted by atomic mass is 10.2. The van der Waals surface area contributed by atoms with Gasteiger partial charge in [-0.2, -0.15) is 4.31 Å². The molecule has 1 atom stereocenters. The van der Waals surface area contributed by atoms with Crippen LogP contribution in [0.3, 0.4) is 0 Å². The van der Waals surface area contributed by atoms with E-state index < -0.39 is 33.9 Å². The fraction of sp³-hybridized carbons (Fsp3) is 0.529. The highest BCUT2D eigenvalue weighted by Crippen LogP contribution is 2.23. The predicted molar refractivity (Wildman–Crippen MR) is 93.6 cm³/mol. The zero-order valence-electron chi connectivity index (χ0n) is 14.9. The summed E-state index contributed by atoms with van der Waals surface area (Å²) < 4.78 is 45.9.